The molecule has 0 amide bonds. The highest BCUT2D eigenvalue weighted by molar-refractivity contribution is 5.90. The first-order chi connectivity index (χ1) is 16.2. The summed E-state index contributed by atoms with van der Waals surface area (Å²) in [5, 5.41) is 4.73. The van der Waals surface area contributed by atoms with Gasteiger partial charge in [0.25, 0.3) is 0 Å². The molecule has 166 valence electrons. The van der Waals surface area contributed by atoms with Gasteiger partial charge in [-0.15, -0.1) is 0 Å². The molecule has 0 spiro atoms. The van der Waals surface area contributed by atoms with Gasteiger partial charge in [0, 0.05) is 17.2 Å². The zero-order valence-electron chi connectivity index (χ0n) is 17.9. The molecule has 1 aliphatic rings. The minimum absolute atomic E-state index is 0.227. The van der Waals surface area contributed by atoms with Crippen LogP contribution in [-0.4, -0.2) is 26.1 Å². The van der Waals surface area contributed by atoms with Gasteiger partial charge < -0.3 is 23.5 Å². The summed E-state index contributed by atoms with van der Waals surface area (Å²) in [6, 6.07) is 20.4. The van der Waals surface area contributed by atoms with Crippen LogP contribution in [0.1, 0.15) is 22.3 Å². The van der Waals surface area contributed by atoms with E-state index in [0.29, 0.717) is 41.2 Å². The van der Waals surface area contributed by atoms with Gasteiger partial charge in [0.2, 0.25) is 6.79 Å². The Hall–Kier alpha value is -4.26. The first-order valence-electron chi connectivity index (χ1n) is 10.5. The molecule has 33 heavy (non-hydrogen) atoms. The van der Waals surface area contributed by atoms with Crippen LogP contribution in [-0.2, 0) is 11.3 Å². The summed E-state index contributed by atoms with van der Waals surface area (Å²) in [6.07, 6.45) is 2.89. The Morgan fingerprint density at radius 2 is 1.88 bits per heavy atom. The van der Waals surface area contributed by atoms with Crippen molar-refractivity contribution in [3.05, 3.63) is 77.9 Å². The van der Waals surface area contributed by atoms with Gasteiger partial charge in [-0.3, -0.25) is 0 Å². The Balaban J connectivity index is 1.28. The number of ether oxygens (including phenoxy) is 3. The van der Waals surface area contributed by atoms with E-state index in [-0.39, 0.29) is 6.79 Å². The number of benzene rings is 3. The van der Waals surface area contributed by atoms with Crippen LogP contribution < -0.4 is 14.2 Å². The molecule has 0 radical (unpaired) electrons. The number of hydrogen-bond acceptors (Lipinski definition) is 7. The normalized spacial score (nSPS) is 12.4. The minimum Gasteiger partial charge on any atom is -0.493 e. The molecule has 7 nitrogen and oxygen atoms in total. The molecule has 0 aliphatic carbocycles. The molecule has 0 saturated heterocycles. The van der Waals surface area contributed by atoms with E-state index in [2.05, 4.69) is 11.2 Å². The van der Waals surface area contributed by atoms with Crippen molar-refractivity contribution in [1.29, 1.82) is 0 Å². The maximum atomic E-state index is 11.9. The van der Waals surface area contributed by atoms with Crippen molar-refractivity contribution in [2.45, 2.75) is 12.8 Å². The largest absolute Gasteiger partial charge is 0.493 e. The monoisotopic (exact) mass is 443 g/mol. The molecule has 0 bridgehead atoms. The standard InChI is InChI=1S/C26H21NO6/c1-29-24-13-17(6-5-11-27-33-26(28)18-7-3-2-4-8-18)12-20-15-22(32-25(20)24)19-9-10-21-23(14-19)31-16-30-21/h2-4,7-15H,5-6,16H2,1H3/b27-11+. The molecular weight excluding hydrogens is 422 g/mol. The summed E-state index contributed by atoms with van der Waals surface area (Å²) >= 11 is 0. The molecule has 5 rings (SSSR count). The Kier molecular flexibility index (Phi) is 5.68. The lowest BCUT2D eigenvalue weighted by Gasteiger charge is -2.04. The molecule has 0 saturated carbocycles. The second kappa shape index (κ2) is 9.08. The van der Waals surface area contributed by atoms with E-state index in [1.165, 1.54) is 0 Å². The van der Waals surface area contributed by atoms with Crippen LogP contribution in [0.4, 0.5) is 0 Å². The van der Waals surface area contributed by atoms with E-state index in [9.17, 15) is 4.79 Å². The lowest BCUT2D eigenvalue weighted by atomic mass is 10.1. The molecule has 0 unspecified atom stereocenters. The van der Waals surface area contributed by atoms with Gasteiger partial charge in [0.05, 0.1) is 12.7 Å². The van der Waals surface area contributed by atoms with Gasteiger partial charge >= 0.3 is 5.97 Å². The number of hydrogen-bond donors (Lipinski definition) is 0. The number of oxime groups is 1. The molecular formula is C26H21NO6. The summed E-state index contributed by atoms with van der Waals surface area (Å²) in [5.74, 6) is 2.32. The Labute approximate surface area is 190 Å². The third-order valence-electron chi connectivity index (χ3n) is 5.30. The van der Waals surface area contributed by atoms with Crippen molar-refractivity contribution in [2.24, 2.45) is 5.16 Å². The first-order valence-corrected chi connectivity index (χ1v) is 10.5. The molecule has 0 N–H and O–H groups in total. The first kappa shape index (κ1) is 20.6. The van der Waals surface area contributed by atoms with E-state index in [4.69, 9.17) is 23.5 Å². The Morgan fingerprint density at radius 3 is 2.73 bits per heavy atom. The maximum absolute atomic E-state index is 11.9. The number of furan rings is 1. The summed E-state index contributed by atoms with van der Waals surface area (Å²) in [6.45, 7) is 0.227. The fourth-order valence-corrected chi connectivity index (χ4v) is 3.66. The molecule has 3 aromatic carbocycles. The zero-order chi connectivity index (χ0) is 22.6. The van der Waals surface area contributed by atoms with E-state index in [0.717, 1.165) is 22.3 Å². The van der Waals surface area contributed by atoms with Crippen molar-refractivity contribution in [1.82, 2.24) is 0 Å². The Morgan fingerprint density at radius 1 is 1.03 bits per heavy atom. The smallest absolute Gasteiger partial charge is 0.365 e. The van der Waals surface area contributed by atoms with E-state index in [1.807, 2.05) is 36.4 Å². The molecule has 0 atom stereocenters. The van der Waals surface area contributed by atoms with E-state index >= 15 is 0 Å². The second-order valence-electron chi connectivity index (χ2n) is 7.47. The molecule has 2 heterocycles. The third kappa shape index (κ3) is 4.39. The van der Waals surface area contributed by atoms with Crippen LogP contribution in [0.5, 0.6) is 17.2 Å². The fraction of sp³-hybridized carbons (Fsp3) is 0.154. The van der Waals surface area contributed by atoms with Gasteiger partial charge in [-0.2, -0.15) is 0 Å². The molecule has 1 aromatic heterocycles. The number of nitrogens with zero attached hydrogens (tertiary/aromatic N) is 1. The third-order valence-corrected chi connectivity index (χ3v) is 5.30. The number of carbonyl (C=O) groups excluding carboxylic acids is 1. The molecule has 1 aliphatic heterocycles. The van der Waals surface area contributed by atoms with E-state index in [1.54, 1.807) is 37.6 Å². The van der Waals surface area contributed by atoms with Crippen LogP contribution in [0.3, 0.4) is 0 Å². The van der Waals surface area contributed by atoms with E-state index < -0.39 is 5.97 Å². The average Bonchev–Trinajstić information content (AvgIpc) is 3.50. The number of fused-ring (bicyclic) bond motifs is 2. The van der Waals surface area contributed by atoms with Crippen LogP contribution in [0.2, 0.25) is 0 Å². The van der Waals surface area contributed by atoms with Crippen molar-refractivity contribution in [3.63, 3.8) is 0 Å². The lowest BCUT2D eigenvalue weighted by molar-refractivity contribution is 0.0518. The SMILES string of the molecule is COc1cc(CC/C=N/OC(=O)c2ccccc2)cc2cc(-c3ccc4c(c3)OCO4)oc12. The van der Waals surface area contributed by atoms with Gasteiger partial charge in [-0.1, -0.05) is 23.4 Å². The van der Waals surface area contributed by atoms with Crippen LogP contribution in [0.25, 0.3) is 22.3 Å². The minimum atomic E-state index is -0.482. The van der Waals surface area contributed by atoms with Crippen molar-refractivity contribution in [3.8, 4) is 28.6 Å². The summed E-state index contributed by atoms with van der Waals surface area (Å²) in [4.78, 5) is 16.8. The molecule has 0 fully saturated rings. The van der Waals surface area contributed by atoms with Crippen molar-refractivity contribution in [2.75, 3.05) is 13.9 Å². The number of methoxy groups -OCH3 is 1. The predicted octanol–water partition coefficient (Wildman–Crippen LogP) is 5.61. The number of aryl methyl sites for hydroxylation is 1. The van der Waals surface area contributed by atoms with Crippen molar-refractivity contribution < 1.29 is 28.3 Å². The van der Waals surface area contributed by atoms with Crippen LogP contribution in [0.15, 0.2) is 76.3 Å². The molecule has 4 aromatic rings. The summed E-state index contributed by atoms with van der Waals surface area (Å²) in [5.41, 5.74) is 3.09. The lowest BCUT2D eigenvalue weighted by Crippen LogP contribution is -2.00. The average molecular weight is 443 g/mol. The quantitative estimate of drug-likeness (QED) is 0.210. The van der Waals surface area contributed by atoms with Crippen LogP contribution >= 0.6 is 0 Å². The molecule has 7 heteroatoms. The summed E-state index contributed by atoms with van der Waals surface area (Å²) in [7, 11) is 1.62. The van der Waals surface area contributed by atoms with Gasteiger partial charge in [0.1, 0.15) is 5.76 Å². The maximum Gasteiger partial charge on any atom is 0.365 e. The summed E-state index contributed by atoms with van der Waals surface area (Å²) < 4.78 is 22.5. The van der Waals surface area contributed by atoms with Gasteiger partial charge in [0.15, 0.2) is 22.8 Å². The predicted molar refractivity (Wildman–Crippen MR) is 123 cm³/mol. The van der Waals surface area contributed by atoms with Gasteiger partial charge in [-0.05, 0) is 66.9 Å². The highest BCUT2D eigenvalue weighted by atomic mass is 16.7. The number of rotatable bonds is 7. The number of carbonyl (C=O) groups is 1. The van der Waals surface area contributed by atoms with Crippen molar-refractivity contribution >= 4 is 23.2 Å². The van der Waals surface area contributed by atoms with Crippen LogP contribution in [0, 0.1) is 0 Å². The fourth-order valence-electron chi connectivity index (χ4n) is 3.66. The van der Waals surface area contributed by atoms with Gasteiger partial charge in [-0.25, -0.2) is 4.79 Å². The Bertz CT molecular complexity index is 1330. The highest BCUT2D eigenvalue weighted by Gasteiger charge is 2.17. The second-order valence-corrected chi connectivity index (χ2v) is 7.47. The topological polar surface area (TPSA) is 79.5 Å². The highest BCUT2D eigenvalue weighted by Crippen LogP contribution is 2.39. The zero-order valence-corrected chi connectivity index (χ0v) is 17.9.